The SMILES string of the molecule is ClC1=CC(Cl)=NCN1Cl. The van der Waals surface area contributed by atoms with E-state index in [0.29, 0.717) is 17.0 Å². The normalized spacial score (nSPS) is 19.2. The van der Waals surface area contributed by atoms with Crippen LogP contribution in [0, 0.1) is 0 Å². The standard InChI is InChI=1S/C4H3Cl3N2/c5-3-1-4(6)9(7)2-8-3/h1H,2H2. The summed E-state index contributed by atoms with van der Waals surface area (Å²) in [6, 6.07) is 0. The topological polar surface area (TPSA) is 15.6 Å². The molecule has 0 aliphatic carbocycles. The fourth-order valence-corrected chi connectivity index (χ4v) is 0.883. The maximum Gasteiger partial charge on any atom is 0.128 e. The Morgan fingerprint density at radius 1 is 1.56 bits per heavy atom. The molecule has 0 amide bonds. The van der Waals surface area contributed by atoms with E-state index in [1.165, 1.54) is 10.5 Å². The second kappa shape index (κ2) is 2.78. The molecule has 1 aliphatic rings. The minimum Gasteiger partial charge on any atom is -0.253 e. The summed E-state index contributed by atoms with van der Waals surface area (Å²) in [7, 11) is 0. The van der Waals surface area contributed by atoms with Crippen molar-refractivity contribution in [2.24, 2.45) is 4.99 Å². The van der Waals surface area contributed by atoms with Crippen molar-refractivity contribution in [2.45, 2.75) is 0 Å². The maximum absolute atomic E-state index is 5.55. The molecular weight excluding hydrogens is 182 g/mol. The summed E-state index contributed by atoms with van der Waals surface area (Å²) in [6.07, 6.45) is 1.49. The molecule has 0 fully saturated rings. The van der Waals surface area contributed by atoms with Crippen LogP contribution in [0.2, 0.25) is 0 Å². The monoisotopic (exact) mass is 184 g/mol. The average Bonchev–Trinajstić information content (AvgIpc) is 1.80. The van der Waals surface area contributed by atoms with E-state index in [4.69, 9.17) is 35.0 Å². The van der Waals surface area contributed by atoms with Crippen molar-refractivity contribution >= 4 is 40.1 Å². The fraction of sp³-hybridized carbons (Fsp3) is 0.250. The van der Waals surface area contributed by atoms with Gasteiger partial charge in [0, 0.05) is 17.9 Å². The second-order valence-corrected chi connectivity index (χ2v) is 2.63. The number of hydrogen-bond acceptors (Lipinski definition) is 2. The van der Waals surface area contributed by atoms with Gasteiger partial charge in [0.15, 0.2) is 0 Å². The first-order valence-corrected chi connectivity index (χ1v) is 3.30. The van der Waals surface area contributed by atoms with Crippen molar-refractivity contribution in [3.05, 3.63) is 11.2 Å². The number of allylic oxidation sites excluding steroid dienone is 1. The van der Waals surface area contributed by atoms with Crippen molar-refractivity contribution in [3.63, 3.8) is 0 Å². The van der Waals surface area contributed by atoms with Gasteiger partial charge in [-0.05, 0) is 0 Å². The van der Waals surface area contributed by atoms with Gasteiger partial charge in [0.2, 0.25) is 0 Å². The summed E-state index contributed by atoms with van der Waals surface area (Å²) < 4.78 is 1.27. The lowest BCUT2D eigenvalue weighted by Gasteiger charge is -2.14. The highest BCUT2D eigenvalue weighted by molar-refractivity contribution is 6.69. The van der Waals surface area contributed by atoms with Gasteiger partial charge in [0.1, 0.15) is 17.0 Å². The summed E-state index contributed by atoms with van der Waals surface area (Å²) in [5, 5.41) is 0.786. The lowest BCUT2D eigenvalue weighted by atomic mass is 10.6. The lowest BCUT2D eigenvalue weighted by Crippen LogP contribution is -2.13. The van der Waals surface area contributed by atoms with Crippen LogP contribution in [0.3, 0.4) is 0 Å². The van der Waals surface area contributed by atoms with Gasteiger partial charge in [-0.3, -0.25) is 9.41 Å². The molecule has 0 radical (unpaired) electrons. The summed E-state index contributed by atoms with van der Waals surface area (Å²) in [4.78, 5) is 3.78. The molecule has 0 aromatic carbocycles. The zero-order valence-electron chi connectivity index (χ0n) is 4.31. The molecule has 0 N–H and O–H groups in total. The maximum atomic E-state index is 5.55. The second-order valence-electron chi connectivity index (χ2n) is 1.45. The molecule has 5 heteroatoms. The van der Waals surface area contributed by atoms with Crippen LogP contribution in [0.25, 0.3) is 0 Å². The highest BCUT2D eigenvalue weighted by atomic mass is 35.5. The average molecular weight is 185 g/mol. The third-order valence-electron chi connectivity index (χ3n) is 0.816. The Bertz CT molecular complexity index is 175. The first-order chi connectivity index (χ1) is 4.20. The molecule has 0 unspecified atom stereocenters. The quantitative estimate of drug-likeness (QED) is 0.417. The zero-order valence-corrected chi connectivity index (χ0v) is 6.58. The fourth-order valence-electron chi connectivity index (χ4n) is 0.411. The van der Waals surface area contributed by atoms with Gasteiger partial charge in [-0.15, -0.1) is 0 Å². The third-order valence-corrected chi connectivity index (χ3v) is 1.73. The molecule has 0 atom stereocenters. The van der Waals surface area contributed by atoms with Crippen LogP contribution in [0.15, 0.2) is 16.2 Å². The van der Waals surface area contributed by atoms with Gasteiger partial charge in [0.25, 0.3) is 0 Å². The molecule has 0 aromatic heterocycles. The summed E-state index contributed by atoms with van der Waals surface area (Å²) in [5.41, 5.74) is 0. The summed E-state index contributed by atoms with van der Waals surface area (Å²) >= 11 is 16.5. The molecular formula is C4H3Cl3N2. The summed E-state index contributed by atoms with van der Waals surface area (Å²) in [6.45, 7) is 0.315. The molecule has 50 valence electrons. The number of rotatable bonds is 0. The number of hydrogen-bond donors (Lipinski definition) is 0. The minimum absolute atomic E-state index is 0.315. The highest BCUT2D eigenvalue weighted by Crippen LogP contribution is 2.17. The predicted molar refractivity (Wildman–Crippen MR) is 39.8 cm³/mol. The molecule has 1 aliphatic heterocycles. The third kappa shape index (κ3) is 1.75. The first kappa shape index (κ1) is 7.19. The Labute approximate surface area is 67.8 Å². The van der Waals surface area contributed by atoms with E-state index < -0.39 is 0 Å². The van der Waals surface area contributed by atoms with Crippen molar-refractivity contribution in [3.8, 4) is 0 Å². The van der Waals surface area contributed by atoms with Crippen molar-refractivity contribution in [2.75, 3.05) is 6.67 Å². The Hall–Kier alpha value is 0.0800. The van der Waals surface area contributed by atoms with Gasteiger partial charge in [0.05, 0.1) is 0 Å². The van der Waals surface area contributed by atoms with Crippen LogP contribution in [-0.4, -0.2) is 16.3 Å². The van der Waals surface area contributed by atoms with E-state index in [1.807, 2.05) is 0 Å². The molecule has 1 rings (SSSR count). The predicted octanol–water partition coefficient (Wildman–Crippen LogP) is 2.13. The van der Waals surface area contributed by atoms with E-state index >= 15 is 0 Å². The Morgan fingerprint density at radius 3 is 2.67 bits per heavy atom. The van der Waals surface area contributed by atoms with Gasteiger partial charge in [-0.2, -0.15) is 0 Å². The van der Waals surface area contributed by atoms with Crippen LogP contribution in [0.4, 0.5) is 0 Å². The van der Waals surface area contributed by atoms with Gasteiger partial charge in [-0.25, -0.2) is 0 Å². The largest absolute Gasteiger partial charge is 0.253 e. The van der Waals surface area contributed by atoms with Gasteiger partial charge in [-0.1, -0.05) is 23.2 Å². The Kier molecular flexibility index (Phi) is 2.22. The highest BCUT2D eigenvalue weighted by Gasteiger charge is 2.08. The molecule has 2 nitrogen and oxygen atoms in total. The molecule has 0 spiro atoms. The number of halogens is 3. The number of nitrogens with zero attached hydrogens (tertiary/aromatic N) is 2. The molecule has 0 saturated heterocycles. The smallest absolute Gasteiger partial charge is 0.128 e. The van der Waals surface area contributed by atoms with Crippen molar-refractivity contribution < 1.29 is 0 Å². The zero-order chi connectivity index (χ0) is 6.85. The van der Waals surface area contributed by atoms with Crippen LogP contribution >= 0.6 is 35.0 Å². The molecule has 0 bridgehead atoms. The van der Waals surface area contributed by atoms with Gasteiger partial charge >= 0.3 is 0 Å². The molecule has 0 aromatic rings. The van der Waals surface area contributed by atoms with Gasteiger partial charge < -0.3 is 0 Å². The van der Waals surface area contributed by atoms with Crippen molar-refractivity contribution in [1.29, 1.82) is 0 Å². The molecule has 1 heterocycles. The molecule has 0 saturated carbocycles. The van der Waals surface area contributed by atoms with Crippen LogP contribution < -0.4 is 0 Å². The van der Waals surface area contributed by atoms with E-state index in [9.17, 15) is 0 Å². The van der Waals surface area contributed by atoms with Crippen LogP contribution in [-0.2, 0) is 0 Å². The van der Waals surface area contributed by atoms with Crippen LogP contribution in [0.1, 0.15) is 0 Å². The van der Waals surface area contributed by atoms with E-state index in [2.05, 4.69) is 4.99 Å². The Morgan fingerprint density at radius 2 is 2.22 bits per heavy atom. The lowest BCUT2D eigenvalue weighted by molar-refractivity contribution is 0.602. The van der Waals surface area contributed by atoms with E-state index in [1.54, 1.807) is 0 Å². The first-order valence-electron chi connectivity index (χ1n) is 2.20. The van der Waals surface area contributed by atoms with E-state index in [-0.39, 0.29) is 0 Å². The summed E-state index contributed by atoms with van der Waals surface area (Å²) in [5.74, 6) is 0. The minimum atomic E-state index is 0.315. The number of aliphatic imine (C=N–C) groups is 1. The Balaban J connectivity index is 2.74. The van der Waals surface area contributed by atoms with E-state index in [0.717, 1.165) is 0 Å². The van der Waals surface area contributed by atoms with Crippen molar-refractivity contribution in [1.82, 2.24) is 4.42 Å². The molecule has 9 heavy (non-hydrogen) atoms. The van der Waals surface area contributed by atoms with Crippen LogP contribution in [0.5, 0.6) is 0 Å².